The Balaban J connectivity index is -0.000000641. The first-order valence-corrected chi connectivity index (χ1v) is 15.4. The van der Waals surface area contributed by atoms with Crippen molar-refractivity contribution in [1.82, 2.24) is 0 Å². The van der Waals surface area contributed by atoms with Crippen LogP contribution in [-0.2, 0) is 0 Å². The Morgan fingerprint density at radius 3 is 1.97 bits per heavy atom. The van der Waals surface area contributed by atoms with Crippen molar-refractivity contribution in [2.75, 3.05) is 7.11 Å². The predicted molar refractivity (Wildman–Crippen MR) is 167 cm³/mol. The number of allylic oxidation sites excluding steroid dienone is 2. The molecule has 0 aromatic rings. The van der Waals surface area contributed by atoms with Crippen LogP contribution in [0.2, 0.25) is 0 Å². The van der Waals surface area contributed by atoms with Crippen LogP contribution in [0.4, 0.5) is 0 Å². The Hall–Kier alpha value is -0.600. The van der Waals surface area contributed by atoms with Gasteiger partial charge in [0, 0.05) is 13.2 Å². The molecular weight excluding hydrogens is 438 g/mol. The molecule has 0 saturated heterocycles. The summed E-state index contributed by atoms with van der Waals surface area (Å²) >= 11 is 0. The molecule has 2 nitrogen and oxygen atoms in total. The summed E-state index contributed by atoms with van der Waals surface area (Å²) < 4.78 is 0. The van der Waals surface area contributed by atoms with Crippen molar-refractivity contribution in [1.29, 1.82) is 0 Å². The van der Waals surface area contributed by atoms with Gasteiger partial charge in [-0.1, -0.05) is 114 Å². The lowest BCUT2D eigenvalue weighted by Gasteiger charge is -2.35. The molecule has 0 radical (unpaired) electrons. The fourth-order valence-corrected chi connectivity index (χ4v) is 5.52. The second-order valence-corrected chi connectivity index (χ2v) is 12.1. The molecule has 1 fully saturated rings. The van der Waals surface area contributed by atoms with Crippen LogP contribution in [0.15, 0.2) is 24.8 Å². The highest BCUT2D eigenvalue weighted by Gasteiger charge is 2.27. The molecule has 1 saturated carbocycles. The molecule has 1 rings (SSSR count). The van der Waals surface area contributed by atoms with E-state index in [1.54, 1.807) is 0 Å². The van der Waals surface area contributed by atoms with Gasteiger partial charge >= 0.3 is 0 Å². The van der Waals surface area contributed by atoms with Crippen LogP contribution >= 0.6 is 0 Å². The SMILES string of the molecule is C=CC(C)C[C@H](C)CC(C)CCC(=C)C(C)C(C)CCCC.CC.CC1CC(C)C(C)C(N)C1.CO. The van der Waals surface area contributed by atoms with E-state index >= 15 is 0 Å². The largest absolute Gasteiger partial charge is 0.400 e. The second-order valence-electron chi connectivity index (χ2n) is 12.1. The first kappa shape index (κ1) is 39.9. The van der Waals surface area contributed by atoms with Crippen molar-refractivity contribution >= 4 is 0 Å². The van der Waals surface area contributed by atoms with E-state index in [1.807, 2.05) is 13.8 Å². The third-order valence-corrected chi connectivity index (χ3v) is 8.47. The van der Waals surface area contributed by atoms with Crippen LogP contribution in [0, 0.1) is 47.3 Å². The first-order valence-electron chi connectivity index (χ1n) is 15.4. The molecule has 9 atom stereocenters. The molecule has 0 aromatic carbocycles. The van der Waals surface area contributed by atoms with Gasteiger partial charge in [0.15, 0.2) is 0 Å². The van der Waals surface area contributed by atoms with Crippen LogP contribution in [0.5, 0.6) is 0 Å². The van der Waals surface area contributed by atoms with E-state index in [1.165, 1.54) is 63.4 Å². The molecule has 0 spiro atoms. The zero-order chi connectivity index (χ0) is 28.8. The number of hydrogen-bond donors (Lipinski definition) is 2. The standard InChI is InChI=1S/C22H42.C9H19N.C2H6.CH4O/c1-9-11-12-20(6)22(8)21(7)14-13-18(4)16-19(5)15-17(3)10-2;1-6-4-7(2)8(3)9(10)5-6;2*1-2/h10,17-20,22H,2,7,9,11-16H2,1,3-6,8H3;6-9H,4-5,10H2,1-3H3;1-2H3;2H,1H3/t17?,18?,19-,20?,22?;;;/m0.../s1. The number of hydrogen-bond acceptors (Lipinski definition) is 2. The van der Waals surface area contributed by atoms with Crippen LogP contribution in [0.25, 0.3) is 0 Å². The molecule has 0 heterocycles. The Labute approximate surface area is 230 Å². The van der Waals surface area contributed by atoms with Crippen LogP contribution in [0.1, 0.15) is 134 Å². The molecule has 0 bridgehead atoms. The van der Waals surface area contributed by atoms with E-state index in [9.17, 15) is 0 Å². The molecular formula is C34H71NO. The average molecular weight is 510 g/mol. The summed E-state index contributed by atoms with van der Waals surface area (Å²) in [5.74, 6) is 6.14. The number of unbranched alkanes of at least 4 members (excludes halogenated alkanes) is 1. The molecule has 3 N–H and O–H groups in total. The highest BCUT2D eigenvalue weighted by atomic mass is 16.2. The summed E-state index contributed by atoms with van der Waals surface area (Å²) in [4.78, 5) is 0. The van der Waals surface area contributed by atoms with E-state index in [2.05, 4.69) is 81.5 Å². The van der Waals surface area contributed by atoms with E-state index < -0.39 is 0 Å². The fourth-order valence-electron chi connectivity index (χ4n) is 5.52. The maximum Gasteiger partial charge on any atom is 0.0319 e. The average Bonchev–Trinajstić information content (AvgIpc) is 2.86. The Kier molecular flexibility index (Phi) is 27.4. The Morgan fingerprint density at radius 2 is 1.50 bits per heavy atom. The fraction of sp³-hybridized carbons (Fsp3) is 0.882. The van der Waals surface area contributed by atoms with E-state index in [4.69, 9.17) is 10.8 Å². The minimum atomic E-state index is 0.457. The third-order valence-electron chi connectivity index (χ3n) is 8.47. The van der Waals surface area contributed by atoms with Gasteiger partial charge in [-0.3, -0.25) is 0 Å². The quantitative estimate of drug-likeness (QED) is 0.242. The van der Waals surface area contributed by atoms with Crippen molar-refractivity contribution < 1.29 is 5.11 Å². The van der Waals surface area contributed by atoms with Gasteiger partial charge in [-0.2, -0.15) is 0 Å². The smallest absolute Gasteiger partial charge is 0.0319 e. The van der Waals surface area contributed by atoms with E-state index in [-0.39, 0.29) is 0 Å². The van der Waals surface area contributed by atoms with Gasteiger partial charge in [-0.05, 0) is 85.9 Å². The summed E-state index contributed by atoms with van der Waals surface area (Å²) in [7, 11) is 1.00. The van der Waals surface area contributed by atoms with Crippen LogP contribution in [-0.4, -0.2) is 18.3 Å². The number of aliphatic hydroxyl groups is 1. The molecule has 0 aliphatic heterocycles. The van der Waals surface area contributed by atoms with Crippen LogP contribution < -0.4 is 5.73 Å². The normalized spacial score (nSPS) is 25.2. The molecule has 1 aliphatic carbocycles. The monoisotopic (exact) mass is 510 g/mol. The van der Waals surface area contributed by atoms with Crippen molar-refractivity contribution in [2.24, 2.45) is 53.1 Å². The van der Waals surface area contributed by atoms with Gasteiger partial charge < -0.3 is 10.8 Å². The van der Waals surface area contributed by atoms with Gasteiger partial charge in [0.25, 0.3) is 0 Å². The van der Waals surface area contributed by atoms with Gasteiger partial charge in [-0.25, -0.2) is 0 Å². The van der Waals surface area contributed by atoms with Gasteiger partial charge in [-0.15, -0.1) is 6.58 Å². The van der Waals surface area contributed by atoms with E-state index in [0.29, 0.717) is 17.9 Å². The van der Waals surface area contributed by atoms with Gasteiger partial charge in [0.05, 0.1) is 0 Å². The molecule has 0 aromatic heterocycles. The predicted octanol–water partition coefficient (Wildman–Crippen LogP) is 10.3. The zero-order valence-corrected chi connectivity index (χ0v) is 27.1. The molecule has 2 heteroatoms. The second kappa shape index (κ2) is 24.7. The maximum atomic E-state index is 7.00. The topological polar surface area (TPSA) is 46.2 Å². The van der Waals surface area contributed by atoms with Crippen molar-refractivity contribution in [3.05, 3.63) is 24.8 Å². The molecule has 218 valence electrons. The summed E-state index contributed by atoms with van der Waals surface area (Å²) in [5, 5.41) is 7.00. The van der Waals surface area contributed by atoms with Crippen molar-refractivity contribution in [3.8, 4) is 0 Å². The molecule has 36 heavy (non-hydrogen) atoms. The minimum Gasteiger partial charge on any atom is -0.400 e. The molecule has 8 unspecified atom stereocenters. The lowest BCUT2D eigenvalue weighted by molar-refractivity contribution is 0.189. The Bertz CT molecular complexity index is 489. The Morgan fingerprint density at radius 1 is 0.944 bits per heavy atom. The number of rotatable bonds is 13. The summed E-state index contributed by atoms with van der Waals surface area (Å²) in [6.45, 7) is 33.3. The third kappa shape index (κ3) is 19.5. The van der Waals surface area contributed by atoms with Crippen LogP contribution in [0.3, 0.4) is 0 Å². The first-order chi connectivity index (χ1) is 16.9. The summed E-state index contributed by atoms with van der Waals surface area (Å²) in [6.07, 6.45) is 13.8. The number of nitrogens with two attached hydrogens (primary N) is 1. The highest BCUT2D eigenvalue weighted by molar-refractivity contribution is 5.00. The highest BCUT2D eigenvalue weighted by Crippen LogP contribution is 2.32. The number of aliphatic hydroxyl groups excluding tert-OH is 1. The summed E-state index contributed by atoms with van der Waals surface area (Å²) in [5.41, 5.74) is 7.43. The molecule has 0 amide bonds. The van der Waals surface area contributed by atoms with Gasteiger partial charge in [0.2, 0.25) is 0 Å². The zero-order valence-electron chi connectivity index (χ0n) is 27.1. The minimum absolute atomic E-state index is 0.457. The lowest BCUT2D eigenvalue weighted by atomic mass is 9.74. The van der Waals surface area contributed by atoms with Crippen molar-refractivity contribution in [2.45, 2.75) is 140 Å². The van der Waals surface area contributed by atoms with E-state index in [0.717, 1.165) is 42.6 Å². The maximum absolute atomic E-state index is 7.00. The summed E-state index contributed by atoms with van der Waals surface area (Å²) in [6, 6.07) is 0.457. The molecule has 1 aliphatic rings. The van der Waals surface area contributed by atoms with Crippen molar-refractivity contribution in [3.63, 3.8) is 0 Å². The lowest BCUT2D eigenvalue weighted by Crippen LogP contribution is -2.38. The van der Waals surface area contributed by atoms with Gasteiger partial charge in [0.1, 0.15) is 0 Å².